The summed E-state index contributed by atoms with van der Waals surface area (Å²) in [5.74, 6) is -0.0174. The largest absolute Gasteiger partial charge is 0.325 e. The summed E-state index contributed by atoms with van der Waals surface area (Å²) in [5.41, 5.74) is 4.07. The van der Waals surface area contributed by atoms with Gasteiger partial charge in [0, 0.05) is 15.9 Å². The Morgan fingerprint density at radius 3 is 2.52 bits per heavy atom. The molecule has 4 heteroatoms. The summed E-state index contributed by atoms with van der Waals surface area (Å²) in [7, 11) is 0. The molecule has 110 valence electrons. The topological polar surface area (TPSA) is 29.1 Å². The summed E-state index contributed by atoms with van der Waals surface area (Å²) in [5, 5.41) is 3.54. The molecule has 2 aromatic rings. The molecule has 0 bridgehead atoms. The van der Waals surface area contributed by atoms with Gasteiger partial charge in [-0.15, -0.1) is 0 Å². The Labute approximate surface area is 138 Å². The number of nitrogens with one attached hydrogen (secondary N) is 1. The maximum absolute atomic E-state index is 12.0. The molecule has 2 nitrogen and oxygen atoms in total. The van der Waals surface area contributed by atoms with Crippen LogP contribution in [0.2, 0.25) is 5.02 Å². The van der Waals surface area contributed by atoms with Gasteiger partial charge >= 0.3 is 0 Å². The van der Waals surface area contributed by atoms with Crippen LogP contribution >= 0.6 is 27.5 Å². The van der Waals surface area contributed by atoms with E-state index < -0.39 is 0 Å². The number of carbonyl (C=O) groups is 1. The van der Waals surface area contributed by atoms with Crippen molar-refractivity contribution in [3.05, 3.63) is 62.6 Å². The highest BCUT2D eigenvalue weighted by Crippen LogP contribution is 2.29. The van der Waals surface area contributed by atoms with E-state index in [0.29, 0.717) is 17.1 Å². The summed E-state index contributed by atoms with van der Waals surface area (Å²) in [6, 6.07) is 11.9. The van der Waals surface area contributed by atoms with Crippen LogP contribution in [0.25, 0.3) is 0 Å². The molecule has 2 aromatic carbocycles. The van der Waals surface area contributed by atoms with Crippen LogP contribution < -0.4 is 5.32 Å². The second-order valence-corrected chi connectivity index (χ2v) is 6.38. The first kappa shape index (κ1) is 16.1. The molecule has 0 fully saturated rings. The SMILES string of the molecule is Cc1ccc(CCC(=O)Nc2cc(Cl)c(C)cc2Br)cc1. The van der Waals surface area contributed by atoms with Gasteiger partial charge in [-0.05, 0) is 59.5 Å². The molecule has 0 heterocycles. The smallest absolute Gasteiger partial charge is 0.224 e. The van der Waals surface area contributed by atoms with E-state index >= 15 is 0 Å². The molecule has 0 aliphatic rings. The number of anilines is 1. The summed E-state index contributed by atoms with van der Waals surface area (Å²) in [6.07, 6.45) is 1.17. The molecule has 2 rings (SSSR count). The maximum atomic E-state index is 12.0. The normalized spacial score (nSPS) is 10.5. The van der Waals surface area contributed by atoms with Gasteiger partial charge in [-0.2, -0.15) is 0 Å². The lowest BCUT2D eigenvalue weighted by Crippen LogP contribution is -2.12. The fraction of sp³-hybridized carbons (Fsp3) is 0.235. The zero-order chi connectivity index (χ0) is 15.4. The molecule has 0 saturated carbocycles. The third-order valence-corrected chi connectivity index (χ3v) is 4.35. The van der Waals surface area contributed by atoms with Crippen molar-refractivity contribution in [2.75, 3.05) is 5.32 Å². The minimum Gasteiger partial charge on any atom is -0.325 e. The number of halogens is 2. The Bertz CT molecular complexity index is 653. The van der Waals surface area contributed by atoms with Gasteiger partial charge in [0.05, 0.1) is 5.69 Å². The van der Waals surface area contributed by atoms with Crippen molar-refractivity contribution >= 4 is 39.1 Å². The van der Waals surface area contributed by atoms with Crippen molar-refractivity contribution in [3.63, 3.8) is 0 Å². The number of amides is 1. The van der Waals surface area contributed by atoms with Crippen LogP contribution in [0.4, 0.5) is 5.69 Å². The fourth-order valence-corrected chi connectivity index (χ4v) is 2.69. The lowest BCUT2D eigenvalue weighted by molar-refractivity contribution is -0.116. The molecule has 1 amide bonds. The van der Waals surface area contributed by atoms with Crippen LogP contribution in [0.5, 0.6) is 0 Å². The average molecular weight is 367 g/mol. The minimum atomic E-state index is -0.0174. The number of hydrogen-bond acceptors (Lipinski definition) is 1. The first-order valence-electron chi connectivity index (χ1n) is 6.77. The first-order chi connectivity index (χ1) is 9.95. The van der Waals surface area contributed by atoms with Crippen LogP contribution in [-0.4, -0.2) is 5.91 Å². The van der Waals surface area contributed by atoms with Crippen molar-refractivity contribution < 1.29 is 4.79 Å². The molecular weight excluding hydrogens is 350 g/mol. The van der Waals surface area contributed by atoms with Crippen LogP contribution in [0.1, 0.15) is 23.1 Å². The van der Waals surface area contributed by atoms with Crippen molar-refractivity contribution in [2.45, 2.75) is 26.7 Å². The van der Waals surface area contributed by atoms with Gasteiger partial charge < -0.3 is 5.32 Å². The van der Waals surface area contributed by atoms with Crippen LogP contribution in [0.3, 0.4) is 0 Å². The predicted molar refractivity (Wildman–Crippen MR) is 92.0 cm³/mol. The number of hydrogen-bond donors (Lipinski definition) is 1. The average Bonchev–Trinajstić information content (AvgIpc) is 2.44. The van der Waals surface area contributed by atoms with E-state index in [1.54, 1.807) is 6.07 Å². The highest BCUT2D eigenvalue weighted by molar-refractivity contribution is 9.10. The Kier molecular flexibility index (Phi) is 5.43. The van der Waals surface area contributed by atoms with Crippen LogP contribution in [0.15, 0.2) is 40.9 Å². The van der Waals surface area contributed by atoms with E-state index in [1.165, 1.54) is 5.56 Å². The molecule has 0 saturated heterocycles. The van der Waals surface area contributed by atoms with E-state index in [0.717, 1.165) is 22.0 Å². The number of carbonyl (C=O) groups excluding carboxylic acids is 1. The van der Waals surface area contributed by atoms with E-state index in [2.05, 4.69) is 52.4 Å². The Balaban J connectivity index is 1.96. The molecule has 0 aliphatic carbocycles. The van der Waals surface area contributed by atoms with Gasteiger partial charge in [0.25, 0.3) is 0 Å². The number of aryl methyl sites for hydroxylation is 3. The molecule has 0 aliphatic heterocycles. The summed E-state index contributed by atoms with van der Waals surface area (Å²) in [4.78, 5) is 12.0. The second kappa shape index (κ2) is 7.10. The predicted octanol–water partition coefficient (Wildman–Crippen LogP) is 5.29. The highest BCUT2D eigenvalue weighted by atomic mass is 79.9. The van der Waals surface area contributed by atoms with E-state index in [4.69, 9.17) is 11.6 Å². The van der Waals surface area contributed by atoms with Crippen molar-refractivity contribution in [1.29, 1.82) is 0 Å². The maximum Gasteiger partial charge on any atom is 0.224 e. The number of benzene rings is 2. The summed E-state index contributed by atoms with van der Waals surface area (Å²) in [6.45, 7) is 3.98. The van der Waals surface area contributed by atoms with Crippen molar-refractivity contribution in [3.8, 4) is 0 Å². The van der Waals surface area contributed by atoms with E-state index in [1.807, 2.05) is 13.0 Å². The van der Waals surface area contributed by atoms with Crippen LogP contribution in [-0.2, 0) is 11.2 Å². The van der Waals surface area contributed by atoms with Crippen molar-refractivity contribution in [2.24, 2.45) is 0 Å². The molecule has 0 spiro atoms. The van der Waals surface area contributed by atoms with E-state index in [9.17, 15) is 4.79 Å². The zero-order valence-electron chi connectivity index (χ0n) is 12.0. The summed E-state index contributed by atoms with van der Waals surface area (Å²) >= 11 is 9.53. The molecular formula is C17H17BrClNO. The Morgan fingerprint density at radius 2 is 1.86 bits per heavy atom. The molecule has 0 aromatic heterocycles. The Morgan fingerprint density at radius 1 is 1.19 bits per heavy atom. The van der Waals surface area contributed by atoms with Gasteiger partial charge in [-0.1, -0.05) is 41.4 Å². The molecule has 0 radical (unpaired) electrons. The Hall–Kier alpha value is -1.32. The zero-order valence-corrected chi connectivity index (χ0v) is 14.4. The standard InChI is InChI=1S/C17H17BrClNO/c1-11-3-5-13(6-4-11)7-8-17(21)20-16-10-15(19)12(2)9-14(16)18/h3-6,9-10H,7-8H2,1-2H3,(H,20,21). The van der Waals surface area contributed by atoms with Gasteiger partial charge in [0.2, 0.25) is 5.91 Å². The molecule has 21 heavy (non-hydrogen) atoms. The molecule has 0 unspecified atom stereocenters. The van der Waals surface area contributed by atoms with Gasteiger partial charge in [-0.25, -0.2) is 0 Å². The summed E-state index contributed by atoms with van der Waals surface area (Å²) < 4.78 is 0.841. The van der Waals surface area contributed by atoms with Crippen LogP contribution in [0, 0.1) is 13.8 Å². The minimum absolute atomic E-state index is 0.0174. The lowest BCUT2D eigenvalue weighted by atomic mass is 10.1. The first-order valence-corrected chi connectivity index (χ1v) is 7.94. The van der Waals surface area contributed by atoms with Gasteiger partial charge in [0.1, 0.15) is 0 Å². The fourth-order valence-electron chi connectivity index (χ4n) is 1.97. The monoisotopic (exact) mass is 365 g/mol. The van der Waals surface area contributed by atoms with E-state index in [-0.39, 0.29) is 5.91 Å². The lowest BCUT2D eigenvalue weighted by Gasteiger charge is -2.09. The van der Waals surface area contributed by atoms with Gasteiger partial charge in [0.15, 0.2) is 0 Å². The molecule has 1 N–H and O–H groups in total. The highest BCUT2D eigenvalue weighted by Gasteiger charge is 2.08. The third-order valence-electron chi connectivity index (χ3n) is 3.28. The molecule has 0 atom stereocenters. The van der Waals surface area contributed by atoms with Gasteiger partial charge in [-0.3, -0.25) is 4.79 Å². The second-order valence-electron chi connectivity index (χ2n) is 5.12. The third kappa shape index (κ3) is 4.58. The quantitative estimate of drug-likeness (QED) is 0.782. The number of rotatable bonds is 4. The van der Waals surface area contributed by atoms with Crippen molar-refractivity contribution in [1.82, 2.24) is 0 Å².